The van der Waals surface area contributed by atoms with Crippen molar-refractivity contribution in [3.8, 4) is 0 Å². The largest absolute Gasteiger partial charge is 0.416 e. The molecule has 3 rings (SSSR count). The van der Waals surface area contributed by atoms with Crippen molar-refractivity contribution < 1.29 is 18.0 Å². The number of piperidine rings is 1. The van der Waals surface area contributed by atoms with Crippen LogP contribution in [0.4, 0.5) is 13.2 Å². The fraction of sp³-hybridized carbons (Fsp3) is 0.611. The number of hydrogen-bond donors (Lipinski definition) is 1. The molecule has 1 saturated carbocycles. The summed E-state index contributed by atoms with van der Waals surface area (Å²) in [4.78, 5) is 14.5. The molecule has 2 aliphatic rings. The van der Waals surface area contributed by atoms with E-state index in [2.05, 4.69) is 0 Å². The van der Waals surface area contributed by atoms with Gasteiger partial charge in [-0.3, -0.25) is 4.79 Å². The molecular weight excluding hydrogens is 317 g/mol. The summed E-state index contributed by atoms with van der Waals surface area (Å²) in [6.45, 7) is 3.44. The summed E-state index contributed by atoms with van der Waals surface area (Å²) in [5, 5.41) is 0. The molecule has 6 heteroatoms. The van der Waals surface area contributed by atoms with Gasteiger partial charge in [-0.05, 0) is 55.7 Å². The molecule has 0 aromatic heterocycles. The van der Waals surface area contributed by atoms with E-state index in [0.717, 1.165) is 43.5 Å². The van der Waals surface area contributed by atoms with Crippen molar-refractivity contribution in [2.75, 3.05) is 13.1 Å². The molecule has 1 aliphatic carbocycles. The van der Waals surface area contributed by atoms with Gasteiger partial charge in [0.25, 0.3) is 0 Å². The van der Waals surface area contributed by atoms with Gasteiger partial charge in [0.2, 0.25) is 5.91 Å². The van der Waals surface area contributed by atoms with Crippen LogP contribution >= 0.6 is 0 Å². The lowest BCUT2D eigenvalue weighted by Gasteiger charge is -2.34. The summed E-state index contributed by atoms with van der Waals surface area (Å²) < 4.78 is 37.8. The van der Waals surface area contributed by atoms with Gasteiger partial charge >= 0.3 is 6.18 Å². The molecule has 0 bridgehead atoms. The number of hydrogen-bond acceptors (Lipinski definition) is 2. The van der Waals surface area contributed by atoms with Gasteiger partial charge in [-0.1, -0.05) is 12.1 Å². The Morgan fingerprint density at radius 3 is 2.54 bits per heavy atom. The van der Waals surface area contributed by atoms with E-state index in [0.29, 0.717) is 12.5 Å². The van der Waals surface area contributed by atoms with Gasteiger partial charge in [-0.2, -0.15) is 13.2 Å². The average molecular weight is 340 g/mol. The Morgan fingerprint density at radius 1 is 1.29 bits per heavy atom. The molecule has 1 aromatic rings. The van der Waals surface area contributed by atoms with Crippen LogP contribution in [0.2, 0.25) is 0 Å². The summed E-state index contributed by atoms with van der Waals surface area (Å²) in [5.74, 6) is 0.431. The maximum absolute atomic E-state index is 12.6. The molecule has 3 nitrogen and oxygen atoms in total. The van der Waals surface area contributed by atoms with Crippen molar-refractivity contribution in [1.82, 2.24) is 4.90 Å². The Hall–Kier alpha value is -1.56. The van der Waals surface area contributed by atoms with Crippen molar-refractivity contribution in [3.63, 3.8) is 0 Å². The number of nitrogens with zero attached hydrogens (tertiary/aromatic N) is 1. The van der Waals surface area contributed by atoms with Gasteiger partial charge in [0.15, 0.2) is 0 Å². The van der Waals surface area contributed by atoms with Gasteiger partial charge in [0.05, 0.1) is 5.56 Å². The van der Waals surface area contributed by atoms with Crippen LogP contribution in [0.15, 0.2) is 24.3 Å². The van der Waals surface area contributed by atoms with E-state index in [1.165, 1.54) is 12.1 Å². The average Bonchev–Trinajstić information content (AvgIpc) is 3.34. The first-order chi connectivity index (χ1) is 11.3. The molecule has 0 spiro atoms. The third-order valence-electron chi connectivity index (χ3n) is 5.29. The fourth-order valence-electron chi connectivity index (χ4n) is 3.63. The Kier molecular flexibility index (Phi) is 4.60. The van der Waals surface area contributed by atoms with Crippen LogP contribution in [0.25, 0.3) is 0 Å². The molecule has 2 N–H and O–H groups in total. The van der Waals surface area contributed by atoms with E-state index < -0.39 is 11.7 Å². The summed E-state index contributed by atoms with van der Waals surface area (Å²) in [5.41, 5.74) is 6.13. The van der Waals surface area contributed by atoms with E-state index in [9.17, 15) is 18.0 Å². The summed E-state index contributed by atoms with van der Waals surface area (Å²) in [7, 11) is 0. The van der Waals surface area contributed by atoms with Gasteiger partial charge in [0, 0.05) is 25.0 Å². The molecule has 4 atom stereocenters. The fourth-order valence-corrected chi connectivity index (χ4v) is 3.63. The second kappa shape index (κ2) is 6.39. The predicted molar refractivity (Wildman–Crippen MR) is 85.2 cm³/mol. The number of carbonyl (C=O) groups excluding carboxylic acids is 1. The van der Waals surface area contributed by atoms with Crippen LogP contribution in [0, 0.1) is 11.8 Å². The SMILES string of the molecule is C[C@H](N)[C@@H]1CCCN(C(=O)[C@@H]2C[C@@H]2c2ccc(C(F)(F)F)cc2)C1. The first kappa shape index (κ1) is 17.3. The maximum atomic E-state index is 12.6. The van der Waals surface area contributed by atoms with E-state index in [1.54, 1.807) is 0 Å². The van der Waals surface area contributed by atoms with Gasteiger partial charge < -0.3 is 10.6 Å². The normalized spacial score (nSPS) is 28.5. The molecule has 132 valence electrons. The number of halogens is 3. The molecule has 2 fully saturated rings. The Labute approximate surface area is 140 Å². The number of likely N-dealkylation sites (tertiary alicyclic amines) is 1. The van der Waals surface area contributed by atoms with E-state index in [1.807, 2.05) is 11.8 Å². The zero-order chi connectivity index (χ0) is 17.5. The van der Waals surface area contributed by atoms with E-state index in [4.69, 9.17) is 5.73 Å². The van der Waals surface area contributed by atoms with Crippen molar-refractivity contribution >= 4 is 5.91 Å². The summed E-state index contributed by atoms with van der Waals surface area (Å²) >= 11 is 0. The Bertz CT molecular complexity index is 597. The van der Waals surface area contributed by atoms with Crippen LogP contribution in [-0.2, 0) is 11.0 Å². The molecule has 24 heavy (non-hydrogen) atoms. The first-order valence-corrected chi connectivity index (χ1v) is 8.49. The van der Waals surface area contributed by atoms with Crippen LogP contribution in [0.5, 0.6) is 0 Å². The van der Waals surface area contributed by atoms with Crippen LogP contribution in [0.3, 0.4) is 0 Å². The lowest BCUT2D eigenvalue weighted by molar-refractivity contribution is -0.137. The molecule has 0 radical (unpaired) electrons. The smallest absolute Gasteiger partial charge is 0.342 e. The first-order valence-electron chi connectivity index (χ1n) is 8.49. The second-order valence-corrected chi connectivity index (χ2v) is 7.11. The van der Waals surface area contributed by atoms with Crippen molar-refractivity contribution in [3.05, 3.63) is 35.4 Å². The number of rotatable bonds is 3. The minimum Gasteiger partial charge on any atom is -0.342 e. The third kappa shape index (κ3) is 3.58. The van der Waals surface area contributed by atoms with Crippen molar-refractivity contribution in [1.29, 1.82) is 0 Å². The highest BCUT2D eigenvalue weighted by Crippen LogP contribution is 2.49. The lowest BCUT2D eigenvalue weighted by Crippen LogP contribution is -2.45. The zero-order valence-corrected chi connectivity index (χ0v) is 13.7. The van der Waals surface area contributed by atoms with Crippen LogP contribution in [-0.4, -0.2) is 29.9 Å². The highest BCUT2D eigenvalue weighted by molar-refractivity contribution is 5.83. The van der Waals surface area contributed by atoms with E-state index in [-0.39, 0.29) is 23.8 Å². The highest BCUT2D eigenvalue weighted by Gasteiger charge is 2.46. The predicted octanol–water partition coefficient (Wildman–Crippen LogP) is 3.39. The third-order valence-corrected chi connectivity index (χ3v) is 5.29. The van der Waals surface area contributed by atoms with Gasteiger partial charge in [-0.25, -0.2) is 0 Å². The summed E-state index contributed by atoms with van der Waals surface area (Å²) in [6.07, 6.45) is -1.58. The number of amides is 1. The standard InChI is InChI=1S/C18H23F3N2O/c1-11(22)13-3-2-8-23(10-13)17(24)16-9-15(16)12-4-6-14(7-5-12)18(19,20)21/h4-7,11,13,15-16H,2-3,8-10,22H2,1H3/t11-,13+,15+,16+/m0/s1. The monoisotopic (exact) mass is 340 g/mol. The molecule has 1 aliphatic heterocycles. The lowest BCUT2D eigenvalue weighted by atomic mass is 9.92. The maximum Gasteiger partial charge on any atom is 0.416 e. The molecule has 1 amide bonds. The van der Waals surface area contributed by atoms with Crippen molar-refractivity contribution in [2.45, 2.75) is 44.3 Å². The number of nitrogens with two attached hydrogens (primary N) is 1. The minimum atomic E-state index is -4.32. The number of carbonyl (C=O) groups is 1. The van der Waals surface area contributed by atoms with Crippen molar-refractivity contribution in [2.24, 2.45) is 17.6 Å². The molecule has 1 aromatic carbocycles. The number of alkyl halides is 3. The molecule has 1 saturated heterocycles. The highest BCUT2D eigenvalue weighted by atomic mass is 19.4. The van der Waals surface area contributed by atoms with Crippen LogP contribution in [0.1, 0.15) is 43.2 Å². The van der Waals surface area contributed by atoms with Gasteiger partial charge in [-0.15, -0.1) is 0 Å². The zero-order valence-electron chi connectivity index (χ0n) is 13.7. The second-order valence-electron chi connectivity index (χ2n) is 7.11. The Balaban J connectivity index is 1.61. The summed E-state index contributed by atoms with van der Waals surface area (Å²) in [6, 6.07) is 5.28. The quantitative estimate of drug-likeness (QED) is 0.917. The number of benzene rings is 1. The molecule has 1 heterocycles. The Morgan fingerprint density at radius 2 is 1.96 bits per heavy atom. The van der Waals surface area contributed by atoms with Gasteiger partial charge in [0.1, 0.15) is 0 Å². The minimum absolute atomic E-state index is 0.0514. The van der Waals surface area contributed by atoms with E-state index >= 15 is 0 Å². The molecule has 0 unspecified atom stereocenters. The molecular formula is C18H23F3N2O. The topological polar surface area (TPSA) is 46.3 Å². The van der Waals surface area contributed by atoms with Crippen LogP contribution < -0.4 is 5.73 Å².